The number of halogens is 3. The number of hydrogen-bond donors (Lipinski definition) is 3. The Kier molecular flexibility index (Phi) is 3.67. The first-order valence-electron chi connectivity index (χ1n) is 7.67. The van der Waals surface area contributed by atoms with Gasteiger partial charge in [-0.05, 0) is 25.1 Å². The molecular weight excluding hydrogens is 349 g/mol. The largest absolute Gasteiger partial charge is 0.459 e. The summed E-state index contributed by atoms with van der Waals surface area (Å²) in [5.74, 6) is 0.117. The molecule has 0 unspecified atom stereocenters. The van der Waals surface area contributed by atoms with Gasteiger partial charge in [0.25, 0.3) is 0 Å². The summed E-state index contributed by atoms with van der Waals surface area (Å²) in [5.41, 5.74) is 2.92. The van der Waals surface area contributed by atoms with Gasteiger partial charge in [-0.25, -0.2) is 4.98 Å². The molecule has 1 aromatic carbocycles. The standard InChI is InChI=1S/C16H13F3N6O/c1-8-10-3-2-9(6-12(10)25-24-8)21-15-22-11-4-5-26-13(11)14(23-15)20-7-16(17,18)19/h2-6H,7H2,1H3,(H,24,25)(H2,20,21,22,23). The lowest BCUT2D eigenvalue weighted by atomic mass is 10.2. The van der Waals surface area contributed by atoms with Crippen LogP contribution in [0.5, 0.6) is 0 Å². The molecule has 4 aromatic rings. The fourth-order valence-electron chi connectivity index (χ4n) is 2.58. The van der Waals surface area contributed by atoms with Gasteiger partial charge in [0.2, 0.25) is 5.95 Å². The topological polar surface area (TPSA) is 91.7 Å². The number of furan rings is 1. The van der Waals surface area contributed by atoms with E-state index < -0.39 is 12.7 Å². The number of rotatable bonds is 4. The third-order valence-corrected chi connectivity index (χ3v) is 3.76. The summed E-state index contributed by atoms with van der Waals surface area (Å²) in [6, 6.07) is 7.05. The molecule has 0 saturated heterocycles. The maximum atomic E-state index is 12.5. The van der Waals surface area contributed by atoms with Crippen LogP contribution in [0.4, 0.5) is 30.6 Å². The number of anilines is 3. The predicted molar refractivity (Wildman–Crippen MR) is 90.5 cm³/mol. The highest BCUT2D eigenvalue weighted by Gasteiger charge is 2.27. The van der Waals surface area contributed by atoms with Gasteiger partial charge in [-0.15, -0.1) is 0 Å². The maximum Gasteiger partial charge on any atom is 0.405 e. The third-order valence-electron chi connectivity index (χ3n) is 3.76. The van der Waals surface area contributed by atoms with E-state index in [0.717, 1.165) is 16.6 Å². The van der Waals surface area contributed by atoms with E-state index in [1.807, 2.05) is 19.1 Å². The number of hydrogen-bond acceptors (Lipinski definition) is 6. The van der Waals surface area contributed by atoms with Crippen LogP contribution in [0.2, 0.25) is 0 Å². The third kappa shape index (κ3) is 3.13. The second kappa shape index (κ2) is 5.90. The lowest BCUT2D eigenvalue weighted by Gasteiger charge is -2.11. The quantitative estimate of drug-likeness (QED) is 0.506. The minimum Gasteiger partial charge on any atom is -0.459 e. The molecular formula is C16H13F3N6O. The Labute approximate surface area is 144 Å². The van der Waals surface area contributed by atoms with E-state index in [-0.39, 0.29) is 17.3 Å². The molecule has 0 amide bonds. The number of aromatic nitrogens is 4. The van der Waals surface area contributed by atoms with Crippen LogP contribution in [0.3, 0.4) is 0 Å². The van der Waals surface area contributed by atoms with Crippen molar-refractivity contribution in [2.45, 2.75) is 13.1 Å². The number of benzene rings is 1. The number of alkyl halides is 3. The van der Waals surface area contributed by atoms with Gasteiger partial charge in [0.1, 0.15) is 12.1 Å². The molecule has 0 fully saturated rings. The van der Waals surface area contributed by atoms with Crippen molar-refractivity contribution >= 4 is 39.5 Å². The van der Waals surface area contributed by atoms with E-state index in [0.29, 0.717) is 11.2 Å². The van der Waals surface area contributed by atoms with Gasteiger partial charge in [-0.3, -0.25) is 5.10 Å². The molecule has 26 heavy (non-hydrogen) atoms. The molecule has 10 heteroatoms. The highest BCUT2D eigenvalue weighted by Crippen LogP contribution is 2.27. The first-order chi connectivity index (χ1) is 12.4. The summed E-state index contributed by atoms with van der Waals surface area (Å²) in [6.07, 6.45) is -3.03. The van der Waals surface area contributed by atoms with Crippen LogP contribution in [0.25, 0.3) is 22.0 Å². The fraction of sp³-hybridized carbons (Fsp3) is 0.188. The van der Waals surface area contributed by atoms with E-state index in [1.165, 1.54) is 6.26 Å². The van der Waals surface area contributed by atoms with Gasteiger partial charge >= 0.3 is 6.18 Å². The molecule has 3 heterocycles. The molecule has 134 valence electrons. The molecule has 0 aliphatic heterocycles. The van der Waals surface area contributed by atoms with Crippen LogP contribution >= 0.6 is 0 Å². The second-order valence-corrected chi connectivity index (χ2v) is 5.71. The minimum atomic E-state index is -4.37. The highest BCUT2D eigenvalue weighted by atomic mass is 19.4. The Balaban J connectivity index is 1.66. The van der Waals surface area contributed by atoms with Crippen LogP contribution in [0.15, 0.2) is 34.9 Å². The SMILES string of the molecule is Cc1[nH]nc2cc(Nc3nc(NCC(F)(F)F)c4occc4n3)ccc12. The monoisotopic (exact) mass is 362 g/mol. The maximum absolute atomic E-state index is 12.5. The zero-order valence-electron chi connectivity index (χ0n) is 13.5. The van der Waals surface area contributed by atoms with Crippen molar-refractivity contribution in [2.75, 3.05) is 17.2 Å². The molecule has 0 aliphatic carbocycles. The molecule has 4 rings (SSSR count). The van der Waals surface area contributed by atoms with E-state index in [2.05, 4.69) is 30.8 Å². The summed E-state index contributed by atoms with van der Waals surface area (Å²) < 4.78 is 42.7. The van der Waals surface area contributed by atoms with Crippen LogP contribution in [-0.4, -0.2) is 32.9 Å². The number of fused-ring (bicyclic) bond motifs is 2. The lowest BCUT2D eigenvalue weighted by Crippen LogP contribution is -2.22. The number of aryl methyl sites for hydroxylation is 1. The Morgan fingerprint density at radius 2 is 2.00 bits per heavy atom. The van der Waals surface area contributed by atoms with Crippen molar-refractivity contribution < 1.29 is 17.6 Å². The normalized spacial score (nSPS) is 12.0. The Bertz CT molecular complexity index is 1080. The van der Waals surface area contributed by atoms with E-state index >= 15 is 0 Å². The molecule has 0 aliphatic rings. The average molecular weight is 362 g/mol. The Hall–Kier alpha value is -3.30. The van der Waals surface area contributed by atoms with Crippen LogP contribution in [0, 0.1) is 6.92 Å². The molecule has 7 nitrogen and oxygen atoms in total. The summed E-state index contributed by atoms with van der Waals surface area (Å²) in [5, 5.41) is 13.3. The van der Waals surface area contributed by atoms with Crippen LogP contribution in [0.1, 0.15) is 5.69 Å². The minimum absolute atomic E-state index is 0.0310. The number of H-pyrrole nitrogens is 1. The average Bonchev–Trinajstić information content (AvgIpc) is 3.19. The highest BCUT2D eigenvalue weighted by molar-refractivity contribution is 5.87. The van der Waals surface area contributed by atoms with Gasteiger partial charge in [-0.1, -0.05) is 0 Å². The zero-order chi connectivity index (χ0) is 18.3. The van der Waals surface area contributed by atoms with Gasteiger partial charge in [0, 0.05) is 22.8 Å². The summed E-state index contributed by atoms with van der Waals surface area (Å²) in [6.45, 7) is 0.689. The molecule has 0 radical (unpaired) electrons. The molecule has 0 spiro atoms. The Morgan fingerprint density at radius 3 is 2.81 bits per heavy atom. The van der Waals surface area contributed by atoms with Crippen LogP contribution in [-0.2, 0) is 0 Å². The van der Waals surface area contributed by atoms with Gasteiger partial charge in [0.15, 0.2) is 11.4 Å². The number of nitrogens with zero attached hydrogens (tertiary/aromatic N) is 3. The predicted octanol–water partition coefficient (Wildman–Crippen LogP) is 4.13. The summed E-state index contributed by atoms with van der Waals surface area (Å²) >= 11 is 0. The Morgan fingerprint density at radius 1 is 1.15 bits per heavy atom. The first-order valence-corrected chi connectivity index (χ1v) is 7.67. The van der Waals surface area contributed by atoms with Crippen molar-refractivity contribution in [1.82, 2.24) is 20.2 Å². The summed E-state index contributed by atoms with van der Waals surface area (Å²) in [7, 11) is 0. The zero-order valence-corrected chi connectivity index (χ0v) is 13.5. The van der Waals surface area contributed by atoms with Crippen molar-refractivity contribution in [3.8, 4) is 0 Å². The van der Waals surface area contributed by atoms with E-state index in [9.17, 15) is 13.2 Å². The second-order valence-electron chi connectivity index (χ2n) is 5.71. The van der Waals surface area contributed by atoms with Crippen molar-refractivity contribution in [3.63, 3.8) is 0 Å². The first kappa shape index (κ1) is 16.2. The molecule has 0 bridgehead atoms. The molecule has 0 saturated carbocycles. The smallest absolute Gasteiger partial charge is 0.405 e. The molecule has 0 atom stereocenters. The van der Waals surface area contributed by atoms with Crippen molar-refractivity contribution in [2.24, 2.45) is 0 Å². The molecule has 3 aromatic heterocycles. The van der Waals surface area contributed by atoms with Gasteiger partial charge in [-0.2, -0.15) is 23.3 Å². The van der Waals surface area contributed by atoms with Crippen molar-refractivity contribution in [1.29, 1.82) is 0 Å². The van der Waals surface area contributed by atoms with E-state index in [4.69, 9.17) is 4.42 Å². The van der Waals surface area contributed by atoms with Crippen LogP contribution < -0.4 is 10.6 Å². The number of nitrogens with one attached hydrogen (secondary N) is 3. The van der Waals surface area contributed by atoms with Gasteiger partial charge in [0.05, 0.1) is 11.8 Å². The van der Waals surface area contributed by atoms with E-state index in [1.54, 1.807) is 12.1 Å². The number of aromatic amines is 1. The van der Waals surface area contributed by atoms with Crippen molar-refractivity contribution in [3.05, 3.63) is 36.2 Å². The van der Waals surface area contributed by atoms with Gasteiger partial charge < -0.3 is 15.1 Å². The summed E-state index contributed by atoms with van der Waals surface area (Å²) in [4.78, 5) is 8.36. The lowest BCUT2D eigenvalue weighted by molar-refractivity contribution is -0.115. The molecule has 3 N–H and O–H groups in total. The fourth-order valence-corrected chi connectivity index (χ4v) is 2.58.